The fourth-order valence-electron chi connectivity index (χ4n) is 2.04. The monoisotopic (exact) mass is 266 g/mol. The Morgan fingerprint density at radius 3 is 2.85 bits per heavy atom. The number of fused-ring (bicyclic) bond motifs is 1. The molecule has 1 aliphatic rings. The second-order valence-corrected chi connectivity index (χ2v) is 4.80. The molecule has 0 spiro atoms. The highest BCUT2D eigenvalue weighted by atomic mass is 16.1. The molecule has 1 saturated carbocycles. The third kappa shape index (κ3) is 2.42. The Kier molecular flexibility index (Phi) is 3.25. The van der Waals surface area contributed by atoms with Crippen LogP contribution in [0.5, 0.6) is 0 Å². The van der Waals surface area contributed by atoms with Crippen LogP contribution in [0.4, 0.5) is 0 Å². The second-order valence-electron chi connectivity index (χ2n) is 4.80. The highest BCUT2D eigenvalue weighted by molar-refractivity contribution is 6.07. The second kappa shape index (κ2) is 5.21. The van der Waals surface area contributed by atoms with E-state index in [4.69, 9.17) is 5.41 Å². The van der Waals surface area contributed by atoms with Crippen LogP contribution in [-0.4, -0.2) is 28.5 Å². The van der Waals surface area contributed by atoms with Crippen molar-refractivity contribution in [2.24, 2.45) is 5.92 Å². The van der Waals surface area contributed by atoms with E-state index in [0.29, 0.717) is 11.3 Å². The van der Waals surface area contributed by atoms with Crippen molar-refractivity contribution in [2.45, 2.75) is 12.5 Å². The Morgan fingerprint density at radius 2 is 2.15 bits per heavy atom. The summed E-state index contributed by atoms with van der Waals surface area (Å²) in [6, 6.07) is 7.81. The first-order chi connectivity index (χ1) is 9.81. The molecule has 1 fully saturated rings. The van der Waals surface area contributed by atoms with E-state index in [0.717, 1.165) is 23.7 Å². The van der Waals surface area contributed by atoms with Gasteiger partial charge in [-0.25, -0.2) is 4.98 Å². The average Bonchev–Trinajstić information content (AvgIpc) is 3.26. The van der Waals surface area contributed by atoms with E-state index in [2.05, 4.69) is 15.3 Å². The molecule has 1 heterocycles. The van der Waals surface area contributed by atoms with Crippen molar-refractivity contribution < 1.29 is 4.79 Å². The van der Waals surface area contributed by atoms with Gasteiger partial charge in [-0.15, -0.1) is 0 Å². The number of carbonyl (C=O) groups excluding carboxylic acids is 1. The van der Waals surface area contributed by atoms with Gasteiger partial charge in [0.25, 0.3) is 0 Å². The van der Waals surface area contributed by atoms with Crippen LogP contribution in [0.2, 0.25) is 0 Å². The number of rotatable bonds is 5. The summed E-state index contributed by atoms with van der Waals surface area (Å²) in [6.07, 6.45) is 6.45. The number of carbonyl (C=O) groups is 1. The molecule has 0 amide bonds. The number of benzene rings is 1. The van der Waals surface area contributed by atoms with E-state index < -0.39 is 0 Å². The maximum absolute atomic E-state index is 10.6. The summed E-state index contributed by atoms with van der Waals surface area (Å²) in [4.78, 5) is 19.4. The zero-order valence-electron chi connectivity index (χ0n) is 10.8. The molecule has 0 radical (unpaired) electrons. The summed E-state index contributed by atoms with van der Waals surface area (Å²) in [5.41, 5.74) is 2.93. The van der Waals surface area contributed by atoms with Gasteiger partial charge in [-0.3, -0.25) is 4.98 Å². The number of aromatic nitrogens is 2. The highest BCUT2D eigenvalue weighted by Crippen LogP contribution is 2.28. The number of hydrogen-bond acceptors (Lipinski definition) is 5. The lowest BCUT2D eigenvalue weighted by molar-refractivity contribution is -0.108. The lowest BCUT2D eigenvalue weighted by Crippen LogP contribution is -2.12. The van der Waals surface area contributed by atoms with Crippen molar-refractivity contribution in [2.75, 3.05) is 0 Å². The molecule has 1 aromatic carbocycles. The summed E-state index contributed by atoms with van der Waals surface area (Å²) in [5, 5.41) is 10.6. The summed E-state index contributed by atoms with van der Waals surface area (Å²) in [7, 11) is 0. The standard InChI is InChI=1S/C15H14N4O/c16-6-11(7-17-14-5-10(14)9-20)15-8-18-12-3-1-2-4-13(12)19-15/h1-4,6-10,14,16-17H,5H2/b11-7+,16-6?. The molecule has 3 rings (SSSR count). The summed E-state index contributed by atoms with van der Waals surface area (Å²) in [6.45, 7) is 0. The lowest BCUT2D eigenvalue weighted by atomic mass is 10.2. The molecule has 5 heteroatoms. The third-order valence-electron chi connectivity index (χ3n) is 3.37. The normalized spacial score (nSPS) is 21.5. The largest absolute Gasteiger partial charge is 0.387 e. The fourth-order valence-corrected chi connectivity index (χ4v) is 2.04. The SMILES string of the molecule is N=C/C(=C\NC1CC1C=O)c1cnc2ccccc2n1. The van der Waals surface area contributed by atoms with Crippen molar-refractivity contribution >= 4 is 29.1 Å². The van der Waals surface area contributed by atoms with E-state index in [1.165, 1.54) is 6.21 Å². The van der Waals surface area contributed by atoms with Gasteiger partial charge >= 0.3 is 0 Å². The molecule has 0 saturated heterocycles. The predicted octanol–water partition coefficient (Wildman–Crippen LogP) is 1.80. The minimum atomic E-state index is 0.0981. The van der Waals surface area contributed by atoms with Gasteiger partial charge in [0, 0.05) is 29.9 Å². The van der Waals surface area contributed by atoms with E-state index in [1.807, 2.05) is 24.3 Å². The van der Waals surface area contributed by atoms with Gasteiger partial charge in [0.1, 0.15) is 6.29 Å². The number of aldehydes is 1. The maximum Gasteiger partial charge on any atom is 0.125 e. The molecule has 0 aliphatic heterocycles. The third-order valence-corrected chi connectivity index (χ3v) is 3.37. The molecule has 2 aromatic rings. The van der Waals surface area contributed by atoms with Crippen LogP contribution in [0, 0.1) is 11.3 Å². The Balaban J connectivity index is 1.85. The van der Waals surface area contributed by atoms with Gasteiger partial charge in [0.15, 0.2) is 0 Å². The summed E-state index contributed by atoms with van der Waals surface area (Å²) in [5.74, 6) is 0.0981. The van der Waals surface area contributed by atoms with Gasteiger partial charge in [-0.2, -0.15) is 0 Å². The van der Waals surface area contributed by atoms with Crippen LogP contribution in [0.15, 0.2) is 36.7 Å². The Labute approximate surface area is 116 Å². The van der Waals surface area contributed by atoms with Crippen LogP contribution in [-0.2, 0) is 4.79 Å². The lowest BCUT2D eigenvalue weighted by Gasteiger charge is -2.04. The van der Waals surface area contributed by atoms with Gasteiger partial charge in [-0.05, 0) is 18.6 Å². The first-order valence-electron chi connectivity index (χ1n) is 6.46. The molecular weight excluding hydrogens is 252 g/mol. The van der Waals surface area contributed by atoms with Gasteiger partial charge in [0.05, 0.1) is 22.9 Å². The topological polar surface area (TPSA) is 78.7 Å². The fraction of sp³-hybridized carbons (Fsp3) is 0.200. The smallest absolute Gasteiger partial charge is 0.125 e. The maximum atomic E-state index is 10.6. The van der Waals surface area contributed by atoms with Crippen molar-refractivity contribution in [1.82, 2.24) is 15.3 Å². The number of allylic oxidation sites excluding steroid dienone is 1. The molecule has 5 nitrogen and oxygen atoms in total. The molecular formula is C15H14N4O. The minimum Gasteiger partial charge on any atom is -0.387 e. The van der Waals surface area contributed by atoms with Crippen molar-refractivity contribution in [3.05, 3.63) is 42.4 Å². The number of nitrogens with one attached hydrogen (secondary N) is 2. The number of nitrogens with zero attached hydrogens (tertiary/aromatic N) is 2. The predicted molar refractivity (Wildman–Crippen MR) is 77.4 cm³/mol. The molecule has 2 N–H and O–H groups in total. The van der Waals surface area contributed by atoms with Crippen LogP contribution >= 0.6 is 0 Å². The molecule has 100 valence electrons. The van der Waals surface area contributed by atoms with Crippen LogP contribution < -0.4 is 5.32 Å². The molecule has 2 atom stereocenters. The Bertz CT molecular complexity index is 695. The number of hydrogen-bond donors (Lipinski definition) is 2. The zero-order valence-corrected chi connectivity index (χ0v) is 10.8. The zero-order chi connectivity index (χ0) is 13.9. The van der Waals surface area contributed by atoms with E-state index in [9.17, 15) is 4.79 Å². The average molecular weight is 266 g/mol. The van der Waals surface area contributed by atoms with Crippen molar-refractivity contribution in [1.29, 1.82) is 5.41 Å². The van der Waals surface area contributed by atoms with E-state index >= 15 is 0 Å². The Hall–Kier alpha value is -2.56. The Morgan fingerprint density at radius 1 is 1.35 bits per heavy atom. The summed E-state index contributed by atoms with van der Waals surface area (Å²) >= 11 is 0. The van der Waals surface area contributed by atoms with Crippen LogP contribution in [0.3, 0.4) is 0 Å². The molecule has 1 aliphatic carbocycles. The van der Waals surface area contributed by atoms with Gasteiger partial charge in [0.2, 0.25) is 0 Å². The van der Waals surface area contributed by atoms with Crippen molar-refractivity contribution in [3.63, 3.8) is 0 Å². The molecule has 2 unspecified atom stereocenters. The van der Waals surface area contributed by atoms with Crippen LogP contribution in [0.1, 0.15) is 12.1 Å². The highest BCUT2D eigenvalue weighted by Gasteiger charge is 2.35. The minimum absolute atomic E-state index is 0.0981. The number of para-hydroxylation sites is 2. The molecule has 1 aromatic heterocycles. The molecule has 0 bridgehead atoms. The van der Waals surface area contributed by atoms with Gasteiger partial charge < -0.3 is 15.5 Å². The molecule has 20 heavy (non-hydrogen) atoms. The van der Waals surface area contributed by atoms with Crippen LogP contribution in [0.25, 0.3) is 16.6 Å². The van der Waals surface area contributed by atoms with E-state index in [-0.39, 0.29) is 12.0 Å². The quantitative estimate of drug-likeness (QED) is 0.639. The van der Waals surface area contributed by atoms with Gasteiger partial charge in [-0.1, -0.05) is 12.1 Å². The first-order valence-corrected chi connectivity index (χ1v) is 6.46. The summed E-state index contributed by atoms with van der Waals surface area (Å²) < 4.78 is 0. The van der Waals surface area contributed by atoms with Crippen molar-refractivity contribution in [3.8, 4) is 0 Å². The van der Waals surface area contributed by atoms with E-state index in [1.54, 1.807) is 12.4 Å². The first kappa shape index (κ1) is 12.5.